The van der Waals surface area contributed by atoms with Crippen LogP contribution in [0.3, 0.4) is 0 Å². The topological polar surface area (TPSA) is 93.7 Å². The van der Waals surface area contributed by atoms with Crippen molar-refractivity contribution in [2.75, 3.05) is 6.61 Å². The smallest absolute Gasteiger partial charge is 0.387 e. The highest BCUT2D eigenvalue weighted by Crippen LogP contribution is 2.17. The summed E-state index contributed by atoms with van der Waals surface area (Å²) in [7, 11) is 0. The van der Waals surface area contributed by atoms with Crippen LogP contribution in [-0.4, -0.2) is 37.2 Å². The maximum absolute atomic E-state index is 12.1. The highest BCUT2D eigenvalue weighted by Gasteiger charge is 2.19. The zero-order valence-corrected chi connectivity index (χ0v) is 13.3. The van der Waals surface area contributed by atoms with Crippen molar-refractivity contribution in [3.05, 3.63) is 29.8 Å². The van der Waals surface area contributed by atoms with E-state index in [1.165, 1.54) is 18.2 Å². The van der Waals surface area contributed by atoms with Gasteiger partial charge in [-0.2, -0.15) is 8.78 Å². The maximum atomic E-state index is 12.1. The lowest BCUT2D eigenvalue weighted by Gasteiger charge is -2.12. The summed E-state index contributed by atoms with van der Waals surface area (Å²) >= 11 is 0. The van der Waals surface area contributed by atoms with E-state index in [9.17, 15) is 23.2 Å². The first-order valence-corrected chi connectivity index (χ1v) is 7.76. The zero-order chi connectivity index (χ0) is 18.2. The van der Waals surface area contributed by atoms with Gasteiger partial charge in [-0.15, -0.1) is 0 Å². The Morgan fingerprint density at radius 1 is 1.20 bits per heavy atom. The van der Waals surface area contributed by atoms with Crippen molar-refractivity contribution in [1.29, 1.82) is 0 Å². The highest BCUT2D eigenvalue weighted by molar-refractivity contribution is 5.97. The van der Waals surface area contributed by atoms with Crippen LogP contribution >= 0.6 is 0 Å². The Morgan fingerprint density at radius 2 is 1.92 bits per heavy atom. The number of nitrogens with one attached hydrogen (secondary N) is 2. The van der Waals surface area contributed by atoms with Crippen molar-refractivity contribution in [3.63, 3.8) is 0 Å². The number of hydrogen-bond donors (Lipinski definition) is 2. The van der Waals surface area contributed by atoms with Crippen LogP contribution in [0.5, 0.6) is 5.75 Å². The van der Waals surface area contributed by atoms with Crippen LogP contribution in [0.15, 0.2) is 24.3 Å². The molecule has 1 aliphatic carbocycles. The van der Waals surface area contributed by atoms with E-state index >= 15 is 0 Å². The van der Waals surface area contributed by atoms with E-state index in [2.05, 4.69) is 15.4 Å². The van der Waals surface area contributed by atoms with E-state index < -0.39 is 31.1 Å². The molecule has 25 heavy (non-hydrogen) atoms. The fourth-order valence-electron chi connectivity index (χ4n) is 2.47. The molecule has 7 nitrogen and oxygen atoms in total. The van der Waals surface area contributed by atoms with Gasteiger partial charge in [0, 0.05) is 6.04 Å². The first-order chi connectivity index (χ1) is 11.9. The van der Waals surface area contributed by atoms with Gasteiger partial charge in [-0.1, -0.05) is 18.9 Å². The lowest BCUT2D eigenvalue weighted by atomic mass is 10.2. The van der Waals surface area contributed by atoms with Crippen LogP contribution in [0.4, 0.5) is 13.6 Å². The third-order valence-corrected chi connectivity index (χ3v) is 3.57. The summed E-state index contributed by atoms with van der Waals surface area (Å²) in [5.41, 5.74) is -0.0543. The van der Waals surface area contributed by atoms with Gasteiger partial charge < -0.3 is 14.8 Å². The number of rotatable bonds is 6. The lowest BCUT2D eigenvalue weighted by molar-refractivity contribution is -0.123. The standard InChI is InChI=1S/C16H18F2N2O5/c17-15(18)25-12-7-3-4-10(8-12)14(22)24-9-13(21)20-16(23)19-11-5-1-2-6-11/h3-4,7-8,11,15H,1-2,5-6,9H2,(H2,19,20,21,23). The van der Waals surface area contributed by atoms with Crippen molar-refractivity contribution in [3.8, 4) is 5.75 Å². The molecule has 136 valence electrons. The van der Waals surface area contributed by atoms with Gasteiger partial charge in [0.25, 0.3) is 5.91 Å². The molecular weight excluding hydrogens is 338 g/mol. The highest BCUT2D eigenvalue weighted by atomic mass is 19.3. The molecule has 2 N–H and O–H groups in total. The number of alkyl halides is 2. The normalized spacial score (nSPS) is 14.2. The second-order valence-electron chi connectivity index (χ2n) is 5.49. The molecular formula is C16H18F2N2O5. The molecule has 0 unspecified atom stereocenters. The number of carbonyl (C=O) groups is 3. The minimum Gasteiger partial charge on any atom is -0.452 e. The zero-order valence-electron chi connectivity index (χ0n) is 13.3. The van der Waals surface area contributed by atoms with Crippen LogP contribution in [0.2, 0.25) is 0 Å². The molecule has 0 bridgehead atoms. The summed E-state index contributed by atoms with van der Waals surface area (Å²) in [4.78, 5) is 35.0. The molecule has 0 radical (unpaired) electrons. The van der Waals surface area contributed by atoms with E-state index in [0.717, 1.165) is 31.7 Å². The number of esters is 1. The second-order valence-corrected chi connectivity index (χ2v) is 5.49. The van der Waals surface area contributed by atoms with Gasteiger partial charge in [0.05, 0.1) is 5.56 Å². The Labute approximate surface area is 142 Å². The largest absolute Gasteiger partial charge is 0.452 e. The summed E-state index contributed by atoms with van der Waals surface area (Å²) in [5.74, 6) is -1.89. The van der Waals surface area contributed by atoms with Gasteiger partial charge in [-0.3, -0.25) is 10.1 Å². The van der Waals surface area contributed by atoms with Crippen molar-refractivity contribution >= 4 is 17.9 Å². The minimum absolute atomic E-state index is 0.0490. The minimum atomic E-state index is -3.02. The number of benzene rings is 1. The van der Waals surface area contributed by atoms with Gasteiger partial charge in [0.2, 0.25) is 0 Å². The monoisotopic (exact) mass is 356 g/mol. The van der Waals surface area contributed by atoms with Crippen molar-refractivity contribution in [2.45, 2.75) is 38.3 Å². The fraction of sp³-hybridized carbons (Fsp3) is 0.438. The first-order valence-electron chi connectivity index (χ1n) is 7.76. The van der Waals surface area contributed by atoms with Crippen molar-refractivity contribution in [2.24, 2.45) is 0 Å². The predicted molar refractivity (Wildman–Crippen MR) is 82.3 cm³/mol. The molecule has 0 saturated heterocycles. The van der Waals surface area contributed by atoms with Crippen LogP contribution in [0.25, 0.3) is 0 Å². The Kier molecular flexibility index (Phi) is 6.67. The molecule has 3 amide bonds. The first kappa shape index (κ1) is 18.6. The van der Waals surface area contributed by atoms with Gasteiger partial charge in [-0.25, -0.2) is 9.59 Å². The van der Waals surface area contributed by atoms with Crippen LogP contribution in [-0.2, 0) is 9.53 Å². The molecule has 0 aromatic heterocycles. The molecule has 0 spiro atoms. The van der Waals surface area contributed by atoms with Crippen LogP contribution in [0.1, 0.15) is 36.0 Å². The summed E-state index contributed by atoms with van der Waals surface area (Å²) in [6.45, 7) is -3.69. The average Bonchev–Trinajstić information content (AvgIpc) is 3.05. The molecule has 1 aromatic carbocycles. The van der Waals surface area contributed by atoms with Gasteiger partial charge in [-0.05, 0) is 31.0 Å². The fourth-order valence-corrected chi connectivity index (χ4v) is 2.47. The number of amides is 3. The third-order valence-electron chi connectivity index (χ3n) is 3.57. The SMILES string of the molecule is O=C(COC(=O)c1cccc(OC(F)F)c1)NC(=O)NC1CCCC1. The number of ether oxygens (including phenoxy) is 2. The summed E-state index contributed by atoms with van der Waals surface area (Å²) in [6.07, 6.45) is 3.80. The van der Waals surface area contributed by atoms with Crippen molar-refractivity contribution < 1.29 is 32.6 Å². The van der Waals surface area contributed by atoms with E-state index in [-0.39, 0.29) is 17.4 Å². The lowest BCUT2D eigenvalue weighted by Crippen LogP contribution is -2.44. The number of carbonyl (C=O) groups excluding carboxylic acids is 3. The molecule has 1 aliphatic rings. The summed E-state index contributed by atoms with van der Waals surface area (Å²) in [6, 6.07) is 4.39. The van der Waals surface area contributed by atoms with E-state index in [1.54, 1.807) is 0 Å². The molecule has 9 heteroatoms. The maximum Gasteiger partial charge on any atom is 0.387 e. The molecule has 0 aliphatic heterocycles. The van der Waals surface area contributed by atoms with E-state index in [4.69, 9.17) is 4.74 Å². The molecule has 2 rings (SSSR count). The van der Waals surface area contributed by atoms with Gasteiger partial charge in [0.1, 0.15) is 5.75 Å². The van der Waals surface area contributed by atoms with Crippen LogP contribution in [0, 0.1) is 0 Å². The molecule has 1 saturated carbocycles. The summed E-state index contributed by atoms with van der Waals surface area (Å²) in [5, 5.41) is 4.72. The molecule has 0 atom stereocenters. The Bertz CT molecular complexity index is 633. The Balaban J connectivity index is 1.76. The van der Waals surface area contributed by atoms with E-state index in [1.807, 2.05) is 0 Å². The van der Waals surface area contributed by atoms with Gasteiger partial charge >= 0.3 is 18.6 Å². The molecule has 0 heterocycles. The average molecular weight is 356 g/mol. The van der Waals surface area contributed by atoms with E-state index in [0.29, 0.717) is 0 Å². The molecule has 1 aromatic rings. The number of halogens is 2. The van der Waals surface area contributed by atoms with Crippen molar-refractivity contribution in [1.82, 2.24) is 10.6 Å². The Hall–Kier alpha value is -2.71. The molecule has 1 fully saturated rings. The Morgan fingerprint density at radius 3 is 2.60 bits per heavy atom. The van der Waals surface area contributed by atoms with Crippen LogP contribution < -0.4 is 15.4 Å². The summed E-state index contributed by atoms with van der Waals surface area (Å²) < 4.78 is 33.2. The third kappa shape index (κ3) is 6.36. The number of imide groups is 1. The quantitative estimate of drug-likeness (QED) is 0.762. The number of urea groups is 1. The van der Waals surface area contributed by atoms with Gasteiger partial charge in [0.15, 0.2) is 6.61 Å². The second kappa shape index (κ2) is 8.95. The predicted octanol–water partition coefficient (Wildman–Crippen LogP) is 2.21. The number of hydrogen-bond acceptors (Lipinski definition) is 5.